The zero-order valence-corrected chi connectivity index (χ0v) is 42.7. The molecular formula is C40H64O24Si4. The number of aliphatic carboxylic acids is 4. The summed E-state index contributed by atoms with van der Waals surface area (Å²) in [7, 11) is -12.0. The largest absolute Gasteiger partial charge is 0.481 e. The van der Waals surface area contributed by atoms with Crippen LogP contribution in [0.1, 0.15) is 32.1 Å². The van der Waals surface area contributed by atoms with E-state index in [4.69, 9.17) is 74.8 Å². The first-order chi connectivity index (χ1) is 32.2. The van der Waals surface area contributed by atoms with E-state index >= 15 is 0 Å². The summed E-state index contributed by atoms with van der Waals surface area (Å²) in [5.74, 6) is -8.10. The molecule has 1 rings (SSSR count). The Labute approximate surface area is 398 Å². The van der Waals surface area contributed by atoms with Crippen molar-refractivity contribution in [3.8, 4) is 0 Å². The third kappa shape index (κ3) is 33.7. The van der Waals surface area contributed by atoms with Crippen LogP contribution < -0.4 is 0 Å². The highest BCUT2D eigenvalue weighted by Crippen LogP contribution is 2.35. The van der Waals surface area contributed by atoms with Crippen molar-refractivity contribution in [1.82, 2.24) is 0 Å². The lowest BCUT2D eigenvalue weighted by molar-refractivity contribution is -0.140. The maximum Gasteiger partial charge on any atom is 0.331 e. The summed E-state index contributed by atoms with van der Waals surface area (Å²) >= 11 is 0. The van der Waals surface area contributed by atoms with Crippen molar-refractivity contribution < 1.29 is 113 Å². The molecule has 1 aliphatic rings. The summed E-state index contributed by atoms with van der Waals surface area (Å²) in [6.45, 7) is 6.78. The van der Waals surface area contributed by atoms with Crippen LogP contribution in [0.4, 0.5) is 0 Å². The summed E-state index contributed by atoms with van der Waals surface area (Å²) in [6, 6.07) is 1.89. The predicted octanol–water partition coefficient (Wildman–Crippen LogP) is 2.26. The molecule has 1 aliphatic heterocycles. The molecule has 0 bridgehead atoms. The summed E-state index contributed by atoms with van der Waals surface area (Å²) in [4.78, 5) is 89.4. The lowest BCUT2D eigenvalue weighted by atomic mass is 10.4. The molecule has 1 heterocycles. The van der Waals surface area contributed by atoms with E-state index in [1.165, 1.54) is 6.08 Å². The Bertz CT molecular complexity index is 1730. The predicted molar refractivity (Wildman–Crippen MR) is 243 cm³/mol. The van der Waals surface area contributed by atoms with Crippen LogP contribution in [0.2, 0.25) is 43.8 Å². The third-order valence-corrected chi connectivity index (χ3v) is 26.3. The van der Waals surface area contributed by atoms with Crippen LogP contribution in [0.3, 0.4) is 0 Å². The summed E-state index contributed by atoms with van der Waals surface area (Å²) in [5.41, 5.74) is 0. The number of carbonyl (C=O) groups excluding carboxylic acids is 4. The average molecular weight is 1040 g/mol. The molecule has 0 radical (unpaired) electrons. The van der Waals surface area contributed by atoms with Gasteiger partial charge in [0, 0.05) is 69.0 Å². The van der Waals surface area contributed by atoms with Crippen LogP contribution in [-0.4, -0.2) is 182 Å². The highest BCUT2D eigenvalue weighted by Gasteiger charge is 2.52. The molecule has 0 amide bonds. The van der Waals surface area contributed by atoms with E-state index in [2.05, 4.69) is 0 Å². The monoisotopic (exact) mass is 1040 g/mol. The zero-order chi connectivity index (χ0) is 50.7. The fourth-order valence-electron chi connectivity index (χ4n) is 5.92. The Balaban J connectivity index is 3.09. The standard InChI is InChI=1S/C40H64O24Si4/c1-66(30-6-18-54-22-25-57-37(49)10-4-9-33(41)42)61-65(29-5-17-53-21-26-58-38(50)14-11-34(43)44)62-67(2,31-7-19-55-23-27-59-39(51)15-12-35(45)46)64-68(3,63-66)32-8-20-56-24-28-60-40(52)16-13-36(47)48/h4,10-16,65H,5-9,17-32H2,1-3H3,(H,41,42)(H,43,44)(H,45,46)(H,47,48)/b10-4-,14-11-,15-12-,16-13-. The molecule has 1 saturated heterocycles. The Morgan fingerprint density at radius 1 is 0.426 bits per heavy atom. The van der Waals surface area contributed by atoms with Gasteiger partial charge in [-0.05, 0) is 69.5 Å². The number of ether oxygens (including phenoxy) is 8. The molecule has 68 heavy (non-hydrogen) atoms. The molecule has 1 fully saturated rings. The first kappa shape index (κ1) is 61.3. The fraction of sp³-hybridized carbons (Fsp3) is 0.600. The van der Waals surface area contributed by atoms with Crippen molar-refractivity contribution in [2.45, 2.75) is 75.9 Å². The molecule has 4 N–H and O–H groups in total. The summed E-state index contributed by atoms with van der Waals surface area (Å²) in [6.07, 6.45) is 8.29. The number of hydrogen-bond donors (Lipinski definition) is 4. The van der Waals surface area contributed by atoms with Crippen molar-refractivity contribution in [2.24, 2.45) is 0 Å². The minimum atomic E-state index is -3.15. The maximum absolute atomic E-state index is 11.8. The van der Waals surface area contributed by atoms with Crippen molar-refractivity contribution in [1.29, 1.82) is 0 Å². The summed E-state index contributed by atoms with van der Waals surface area (Å²) < 4.78 is 70.6. The second-order valence-electron chi connectivity index (χ2n) is 14.9. The number of rotatable bonds is 37. The van der Waals surface area contributed by atoms with E-state index in [0.29, 0.717) is 68.1 Å². The van der Waals surface area contributed by atoms with Gasteiger partial charge in [0.1, 0.15) is 26.4 Å². The molecule has 4 atom stereocenters. The topological polar surface area (TPSA) is 328 Å². The van der Waals surface area contributed by atoms with Gasteiger partial charge >= 0.3 is 82.7 Å². The first-order valence-electron chi connectivity index (χ1n) is 21.6. The van der Waals surface area contributed by atoms with E-state index in [0.717, 1.165) is 24.3 Å². The van der Waals surface area contributed by atoms with Gasteiger partial charge in [0.25, 0.3) is 0 Å². The Kier molecular flexibility index (Phi) is 31.9. The van der Waals surface area contributed by atoms with Crippen LogP contribution in [0.15, 0.2) is 48.6 Å². The van der Waals surface area contributed by atoms with Gasteiger partial charge in [0.05, 0.1) is 32.8 Å². The maximum atomic E-state index is 11.8. The number of carboxylic acids is 4. The SMILES string of the molecule is C[Si]1(CCCOCCOC(=O)/C=C\CC(=O)O)O[SiH](CCCOCCOC(=O)/C=C\C(=O)O)O[Si](C)(CCCOCCOC(=O)/C=C\C(=O)O)O[Si](C)(CCCOCCOC(=O)/C=C\C(=O)O)O1. The fourth-order valence-corrected chi connectivity index (χ4v) is 26.5. The van der Waals surface area contributed by atoms with Crippen LogP contribution in [0, 0.1) is 0 Å². The molecule has 4 unspecified atom stereocenters. The number of carbonyl (C=O) groups is 8. The minimum absolute atomic E-state index is 0.0496. The molecule has 0 saturated carbocycles. The van der Waals surface area contributed by atoms with Crippen LogP contribution >= 0.6 is 0 Å². The van der Waals surface area contributed by atoms with E-state index in [1.54, 1.807) is 0 Å². The molecular weight excluding hydrogens is 977 g/mol. The van der Waals surface area contributed by atoms with E-state index in [1.807, 2.05) is 19.6 Å². The second kappa shape index (κ2) is 35.4. The molecule has 28 heteroatoms. The van der Waals surface area contributed by atoms with Crippen LogP contribution in [0.25, 0.3) is 0 Å². The van der Waals surface area contributed by atoms with Gasteiger partial charge in [0.2, 0.25) is 0 Å². The van der Waals surface area contributed by atoms with Gasteiger partial charge < -0.3 is 74.8 Å². The van der Waals surface area contributed by atoms with E-state index in [9.17, 15) is 38.4 Å². The third-order valence-electron chi connectivity index (χ3n) is 8.63. The minimum Gasteiger partial charge on any atom is -0.481 e. The van der Waals surface area contributed by atoms with Crippen molar-refractivity contribution in [3.63, 3.8) is 0 Å². The number of esters is 4. The molecule has 0 aromatic rings. The van der Waals surface area contributed by atoms with Crippen LogP contribution in [-0.2, 0) is 92.7 Å². The lowest BCUT2D eigenvalue weighted by Gasteiger charge is -2.47. The first-order valence-corrected chi connectivity index (χ1v) is 30.9. The number of carboxylic acid groups (broad SMARTS) is 4. The Hall–Kier alpha value is -4.73. The molecule has 24 nitrogen and oxygen atoms in total. The van der Waals surface area contributed by atoms with Gasteiger partial charge in [-0.2, -0.15) is 0 Å². The van der Waals surface area contributed by atoms with Gasteiger partial charge in [-0.15, -0.1) is 0 Å². The van der Waals surface area contributed by atoms with Gasteiger partial charge in [-0.25, -0.2) is 33.6 Å². The Morgan fingerprint density at radius 3 is 1.09 bits per heavy atom. The zero-order valence-electron chi connectivity index (χ0n) is 38.5. The average Bonchev–Trinajstić information content (AvgIpc) is 3.24. The molecule has 0 aromatic carbocycles. The highest BCUT2D eigenvalue weighted by molar-refractivity contribution is 6.90. The van der Waals surface area contributed by atoms with Gasteiger partial charge in [0.15, 0.2) is 0 Å². The lowest BCUT2D eigenvalue weighted by Crippen LogP contribution is -2.63. The Morgan fingerprint density at radius 2 is 0.750 bits per heavy atom. The summed E-state index contributed by atoms with van der Waals surface area (Å²) in [5, 5.41) is 34.8. The van der Waals surface area contributed by atoms with Crippen molar-refractivity contribution in [3.05, 3.63) is 48.6 Å². The van der Waals surface area contributed by atoms with Crippen LogP contribution in [0.5, 0.6) is 0 Å². The van der Waals surface area contributed by atoms with Gasteiger partial charge in [-0.3, -0.25) is 4.79 Å². The molecule has 384 valence electrons. The molecule has 0 spiro atoms. The van der Waals surface area contributed by atoms with Crippen molar-refractivity contribution >= 4 is 82.7 Å². The van der Waals surface area contributed by atoms with Crippen molar-refractivity contribution in [2.75, 3.05) is 79.3 Å². The number of hydrogen-bond acceptors (Lipinski definition) is 20. The quantitative estimate of drug-likeness (QED) is 0.0228. The van der Waals surface area contributed by atoms with E-state index in [-0.39, 0.29) is 85.7 Å². The van der Waals surface area contributed by atoms with E-state index < -0.39 is 82.7 Å². The molecule has 0 aliphatic carbocycles. The normalized spacial score (nSPS) is 20.8. The second-order valence-corrected chi connectivity index (χ2v) is 28.1. The smallest absolute Gasteiger partial charge is 0.331 e. The van der Waals surface area contributed by atoms with Gasteiger partial charge in [-0.1, -0.05) is 6.08 Å². The molecule has 0 aromatic heterocycles. The highest BCUT2D eigenvalue weighted by atomic mass is 28.5.